The monoisotopic (exact) mass is 343 g/mol. The standard InChI is InChI=1S/C19H21NO5/c1-3-25-16-8-7-14(12-17(16)24-2)18(21)20-10-9-13-5-4-6-15(11-13)19(22)23/h4-8,11-12H,3,9-10H2,1-2H3,(H,20,21)(H,22,23). The first kappa shape index (κ1) is 18.3. The molecule has 25 heavy (non-hydrogen) atoms. The highest BCUT2D eigenvalue weighted by molar-refractivity contribution is 5.94. The van der Waals surface area contributed by atoms with Crippen LogP contribution in [0.2, 0.25) is 0 Å². The van der Waals surface area contributed by atoms with Gasteiger partial charge in [-0.3, -0.25) is 4.79 Å². The van der Waals surface area contributed by atoms with Crippen LogP contribution in [-0.2, 0) is 6.42 Å². The zero-order valence-corrected chi connectivity index (χ0v) is 14.2. The molecule has 2 rings (SSSR count). The predicted octanol–water partition coefficient (Wildman–Crippen LogP) is 2.76. The van der Waals surface area contributed by atoms with Gasteiger partial charge >= 0.3 is 5.97 Å². The molecule has 2 aromatic carbocycles. The number of ether oxygens (including phenoxy) is 2. The first-order valence-electron chi connectivity index (χ1n) is 7.96. The summed E-state index contributed by atoms with van der Waals surface area (Å²) < 4.78 is 10.7. The van der Waals surface area contributed by atoms with E-state index in [1.807, 2.05) is 13.0 Å². The van der Waals surface area contributed by atoms with Crippen LogP contribution in [-0.4, -0.2) is 37.2 Å². The molecule has 132 valence electrons. The second-order valence-electron chi connectivity index (χ2n) is 5.31. The maximum Gasteiger partial charge on any atom is 0.335 e. The van der Waals surface area contributed by atoms with E-state index in [2.05, 4.69) is 5.32 Å². The molecule has 0 aliphatic carbocycles. The minimum Gasteiger partial charge on any atom is -0.493 e. The Morgan fingerprint density at radius 3 is 2.56 bits per heavy atom. The minimum atomic E-state index is -0.965. The average Bonchev–Trinajstić information content (AvgIpc) is 2.62. The summed E-state index contributed by atoms with van der Waals surface area (Å²) in [6, 6.07) is 11.7. The number of methoxy groups -OCH3 is 1. The fourth-order valence-electron chi connectivity index (χ4n) is 2.37. The second-order valence-corrected chi connectivity index (χ2v) is 5.31. The number of aromatic carboxylic acids is 1. The van der Waals surface area contributed by atoms with Crippen molar-refractivity contribution in [2.45, 2.75) is 13.3 Å². The number of amides is 1. The van der Waals surface area contributed by atoms with E-state index in [-0.39, 0.29) is 11.5 Å². The van der Waals surface area contributed by atoms with Gasteiger partial charge in [-0.25, -0.2) is 4.79 Å². The number of benzene rings is 2. The fourth-order valence-corrected chi connectivity index (χ4v) is 2.37. The third kappa shape index (κ3) is 4.97. The molecule has 0 fully saturated rings. The molecular weight excluding hydrogens is 322 g/mol. The highest BCUT2D eigenvalue weighted by Gasteiger charge is 2.11. The smallest absolute Gasteiger partial charge is 0.335 e. The van der Waals surface area contributed by atoms with Crippen molar-refractivity contribution in [1.29, 1.82) is 0 Å². The summed E-state index contributed by atoms with van der Waals surface area (Å²) >= 11 is 0. The first-order valence-corrected chi connectivity index (χ1v) is 7.96. The normalized spacial score (nSPS) is 10.2. The van der Waals surface area contributed by atoms with Crippen LogP contribution in [0.25, 0.3) is 0 Å². The van der Waals surface area contributed by atoms with Crippen molar-refractivity contribution >= 4 is 11.9 Å². The van der Waals surface area contributed by atoms with Gasteiger partial charge in [0.05, 0.1) is 19.3 Å². The van der Waals surface area contributed by atoms with E-state index in [0.29, 0.717) is 36.6 Å². The van der Waals surface area contributed by atoms with Crippen LogP contribution in [0.1, 0.15) is 33.2 Å². The van der Waals surface area contributed by atoms with E-state index in [4.69, 9.17) is 14.6 Å². The van der Waals surface area contributed by atoms with E-state index < -0.39 is 5.97 Å². The van der Waals surface area contributed by atoms with E-state index in [1.54, 1.807) is 30.3 Å². The van der Waals surface area contributed by atoms with Crippen LogP contribution in [0.3, 0.4) is 0 Å². The Bertz CT molecular complexity index is 757. The van der Waals surface area contributed by atoms with Crippen LogP contribution >= 0.6 is 0 Å². The number of hydrogen-bond donors (Lipinski definition) is 2. The highest BCUT2D eigenvalue weighted by Crippen LogP contribution is 2.27. The molecule has 0 atom stereocenters. The van der Waals surface area contributed by atoms with Gasteiger partial charge in [0.15, 0.2) is 11.5 Å². The van der Waals surface area contributed by atoms with Crippen molar-refractivity contribution < 1.29 is 24.2 Å². The van der Waals surface area contributed by atoms with Crippen LogP contribution < -0.4 is 14.8 Å². The maximum absolute atomic E-state index is 12.2. The summed E-state index contributed by atoms with van der Waals surface area (Å²) in [5.74, 6) is -0.0983. The molecule has 6 nitrogen and oxygen atoms in total. The van der Waals surface area contributed by atoms with Crippen molar-refractivity contribution in [1.82, 2.24) is 5.32 Å². The third-order valence-electron chi connectivity index (χ3n) is 3.60. The molecule has 2 N–H and O–H groups in total. The Hall–Kier alpha value is -3.02. The summed E-state index contributed by atoms with van der Waals surface area (Å²) in [5.41, 5.74) is 1.56. The van der Waals surface area contributed by atoms with Crippen molar-refractivity contribution in [3.63, 3.8) is 0 Å². The maximum atomic E-state index is 12.2. The molecule has 0 radical (unpaired) electrons. The Labute approximate surface area is 146 Å². The van der Waals surface area contributed by atoms with E-state index in [9.17, 15) is 9.59 Å². The zero-order valence-electron chi connectivity index (χ0n) is 14.2. The SMILES string of the molecule is CCOc1ccc(C(=O)NCCc2cccc(C(=O)O)c2)cc1OC. The molecule has 6 heteroatoms. The van der Waals surface area contributed by atoms with E-state index in [0.717, 1.165) is 5.56 Å². The van der Waals surface area contributed by atoms with Gasteiger partial charge in [-0.2, -0.15) is 0 Å². The number of carboxylic acids is 1. The van der Waals surface area contributed by atoms with Gasteiger partial charge in [-0.1, -0.05) is 12.1 Å². The van der Waals surface area contributed by atoms with Gasteiger partial charge in [0, 0.05) is 12.1 Å². The average molecular weight is 343 g/mol. The number of nitrogens with one attached hydrogen (secondary N) is 1. The Balaban J connectivity index is 1.96. The second kappa shape index (κ2) is 8.73. The van der Waals surface area contributed by atoms with Gasteiger partial charge in [0.1, 0.15) is 0 Å². The van der Waals surface area contributed by atoms with E-state index in [1.165, 1.54) is 13.2 Å². The Morgan fingerprint density at radius 1 is 1.08 bits per heavy atom. The topological polar surface area (TPSA) is 84.9 Å². The van der Waals surface area contributed by atoms with E-state index >= 15 is 0 Å². The molecule has 0 heterocycles. The van der Waals surface area contributed by atoms with Gasteiger partial charge in [0.2, 0.25) is 0 Å². The minimum absolute atomic E-state index is 0.226. The third-order valence-corrected chi connectivity index (χ3v) is 3.60. The van der Waals surface area contributed by atoms with Gasteiger partial charge < -0.3 is 19.9 Å². The highest BCUT2D eigenvalue weighted by atomic mass is 16.5. The van der Waals surface area contributed by atoms with Crippen LogP contribution in [0.5, 0.6) is 11.5 Å². The summed E-state index contributed by atoms with van der Waals surface area (Å²) in [4.78, 5) is 23.2. The molecular formula is C19H21NO5. The molecule has 0 aliphatic heterocycles. The number of carbonyl (C=O) groups is 2. The lowest BCUT2D eigenvalue weighted by Crippen LogP contribution is -2.25. The van der Waals surface area contributed by atoms with Crippen molar-refractivity contribution in [3.05, 3.63) is 59.2 Å². The molecule has 0 unspecified atom stereocenters. The molecule has 0 aliphatic rings. The van der Waals surface area contributed by atoms with Crippen molar-refractivity contribution in [2.75, 3.05) is 20.3 Å². The summed E-state index contributed by atoms with van der Waals surface area (Å²) in [5, 5.41) is 11.8. The van der Waals surface area contributed by atoms with Crippen molar-refractivity contribution in [2.24, 2.45) is 0 Å². The van der Waals surface area contributed by atoms with Crippen LogP contribution in [0, 0.1) is 0 Å². The zero-order chi connectivity index (χ0) is 18.2. The predicted molar refractivity (Wildman–Crippen MR) is 93.6 cm³/mol. The number of carbonyl (C=O) groups excluding carboxylic acids is 1. The Kier molecular flexibility index (Phi) is 6.39. The van der Waals surface area contributed by atoms with Gasteiger partial charge in [0.25, 0.3) is 5.91 Å². The quantitative estimate of drug-likeness (QED) is 0.770. The van der Waals surface area contributed by atoms with Crippen LogP contribution in [0.4, 0.5) is 0 Å². The molecule has 0 aromatic heterocycles. The summed E-state index contributed by atoms with van der Waals surface area (Å²) in [6.45, 7) is 2.79. The van der Waals surface area contributed by atoms with Crippen molar-refractivity contribution in [3.8, 4) is 11.5 Å². The molecule has 0 bridgehead atoms. The largest absolute Gasteiger partial charge is 0.493 e. The Morgan fingerprint density at radius 2 is 1.88 bits per heavy atom. The lowest BCUT2D eigenvalue weighted by Gasteiger charge is -2.11. The van der Waals surface area contributed by atoms with Crippen LogP contribution in [0.15, 0.2) is 42.5 Å². The van der Waals surface area contributed by atoms with Gasteiger partial charge in [-0.05, 0) is 49.2 Å². The van der Waals surface area contributed by atoms with Gasteiger partial charge in [-0.15, -0.1) is 0 Å². The summed E-state index contributed by atoms with van der Waals surface area (Å²) in [6.07, 6.45) is 0.543. The molecule has 0 saturated heterocycles. The number of hydrogen-bond acceptors (Lipinski definition) is 4. The molecule has 2 aromatic rings. The lowest BCUT2D eigenvalue weighted by molar-refractivity contribution is 0.0696. The number of rotatable bonds is 8. The lowest BCUT2D eigenvalue weighted by atomic mass is 10.1. The number of carboxylic acid groups (broad SMARTS) is 1. The molecule has 0 spiro atoms. The fraction of sp³-hybridized carbons (Fsp3) is 0.263. The summed E-state index contributed by atoms with van der Waals surface area (Å²) in [7, 11) is 1.52. The first-order chi connectivity index (χ1) is 12.0. The molecule has 1 amide bonds. The molecule has 0 saturated carbocycles.